The average Bonchev–Trinajstić information content (AvgIpc) is 3.29. The molecule has 3 unspecified atom stereocenters. The summed E-state index contributed by atoms with van der Waals surface area (Å²) in [5.41, 5.74) is 13.9. The van der Waals surface area contributed by atoms with Crippen LogP contribution in [0.2, 0.25) is 5.02 Å². The molecule has 0 spiro atoms. The minimum absolute atomic E-state index is 0.225. The Labute approximate surface area is 183 Å². The predicted octanol–water partition coefficient (Wildman–Crippen LogP) is 1.54. The molecule has 160 valence electrons. The van der Waals surface area contributed by atoms with Crippen LogP contribution in [0.4, 0.5) is 0 Å². The van der Waals surface area contributed by atoms with Crippen molar-refractivity contribution in [3.63, 3.8) is 0 Å². The lowest BCUT2D eigenvalue weighted by Crippen LogP contribution is -2.46. The molecule has 31 heavy (non-hydrogen) atoms. The summed E-state index contributed by atoms with van der Waals surface area (Å²) < 4.78 is 0. The number of nitrogens with one attached hydrogen (secondary N) is 3. The van der Waals surface area contributed by atoms with Gasteiger partial charge in [-0.2, -0.15) is 0 Å². The molecule has 0 fully saturated rings. The van der Waals surface area contributed by atoms with Crippen molar-refractivity contribution < 1.29 is 14.4 Å². The molecule has 1 heterocycles. The fourth-order valence-corrected chi connectivity index (χ4v) is 4.09. The van der Waals surface area contributed by atoms with E-state index in [1.54, 1.807) is 18.2 Å². The summed E-state index contributed by atoms with van der Waals surface area (Å²) in [6, 6.07) is 12.8. The van der Waals surface area contributed by atoms with Crippen LogP contribution in [-0.2, 0) is 16.0 Å². The smallest absolute Gasteiger partial charge is 0.268 e. The number of nitrogens with two attached hydrogens (primary N) is 2. The maximum absolute atomic E-state index is 12.9. The first kappa shape index (κ1) is 20.9. The Kier molecular flexibility index (Phi) is 5.67. The van der Waals surface area contributed by atoms with Crippen molar-refractivity contribution in [2.75, 3.05) is 0 Å². The molecular formula is C22H22ClN5O3. The second kappa shape index (κ2) is 8.41. The molecule has 3 atom stereocenters. The highest BCUT2D eigenvalue weighted by Gasteiger charge is 2.35. The summed E-state index contributed by atoms with van der Waals surface area (Å²) >= 11 is 6.03. The topological polar surface area (TPSA) is 143 Å². The van der Waals surface area contributed by atoms with E-state index in [4.69, 9.17) is 23.1 Å². The van der Waals surface area contributed by atoms with Gasteiger partial charge in [0, 0.05) is 15.9 Å². The third-order valence-corrected chi connectivity index (χ3v) is 5.70. The van der Waals surface area contributed by atoms with E-state index in [0.29, 0.717) is 17.1 Å². The van der Waals surface area contributed by atoms with Crippen molar-refractivity contribution in [3.05, 3.63) is 70.4 Å². The van der Waals surface area contributed by atoms with E-state index in [-0.39, 0.29) is 18.4 Å². The van der Waals surface area contributed by atoms with Gasteiger partial charge >= 0.3 is 0 Å². The number of aromatic amines is 1. The van der Waals surface area contributed by atoms with Crippen molar-refractivity contribution >= 4 is 40.2 Å². The Morgan fingerprint density at radius 3 is 2.68 bits per heavy atom. The number of H-pyrrole nitrogens is 1. The molecule has 4 rings (SSSR count). The van der Waals surface area contributed by atoms with Gasteiger partial charge in [0.25, 0.3) is 5.91 Å². The molecule has 0 bridgehead atoms. The van der Waals surface area contributed by atoms with Gasteiger partial charge in [0.15, 0.2) is 0 Å². The number of hydrogen-bond donors (Lipinski definition) is 5. The molecule has 0 aliphatic heterocycles. The molecule has 3 aromatic rings. The quantitative estimate of drug-likeness (QED) is 0.397. The number of fused-ring (bicyclic) bond motifs is 2. The van der Waals surface area contributed by atoms with Gasteiger partial charge < -0.3 is 27.1 Å². The number of hydrogen-bond acceptors (Lipinski definition) is 4. The van der Waals surface area contributed by atoms with E-state index in [1.807, 2.05) is 30.3 Å². The highest BCUT2D eigenvalue weighted by molar-refractivity contribution is 6.31. The van der Waals surface area contributed by atoms with Gasteiger partial charge in [0.2, 0.25) is 11.8 Å². The number of carbonyl (C=O) groups is 3. The fourth-order valence-electron chi connectivity index (χ4n) is 3.91. The van der Waals surface area contributed by atoms with Gasteiger partial charge in [-0.3, -0.25) is 14.4 Å². The van der Waals surface area contributed by atoms with Crippen molar-refractivity contribution in [2.24, 2.45) is 11.5 Å². The molecule has 1 aliphatic carbocycles. The fraction of sp³-hybridized carbons (Fsp3) is 0.227. The monoisotopic (exact) mass is 439 g/mol. The van der Waals surface area contributed by atoms with Crippen LogP contribution in [0.3, 0.4) is 0 Å². The number of rotatable bonds is 6. The van der Waals surface area contributed by atoms with E-state index >= 15 is 0 Å². The Hall–Kier alpha value is -3.36. The van der Waals surface area contributed by atoms with Crippen LogP contribution >= 0.6 is 11.6 Å². The largest absolute Gasteiger partial charge is 0.368 e. The molecule has 7 N–H and O–H groups in total. The lowest BCUT2D eigenvalue weighted by atomic mass is 10.1. The minimum Gasteiger partial charge on any atom is -0.368 e. The summed E-state index contributed by atoms with van der Waals surface area (Å²) in [5, 5.41) is 7.32. The maximum atomic E-state index is 12.9. The highest BCUT2D eigenvalue weighted by Crippen LogP contribution is 2.32. The van der Waals surface area contributed by atoms with Gasteiger partial charge in [-0.1, -0.05) is 35.9 Å². The maximum Gasteiger partial charge on any atom is 0.268 e. The minimum atomic E-state index is -1.07. The zero-order valence-corrected chi connectivity index (χ0v) is 17.3. The second-order valence-corrected chi connectivity index (χ2v) is 8.09. The molecule has 0 saturated heterocycles. The Balaban J connectivity index is 1.53. The van der Waals surface area contributed by atoms with Gasteiger partial charge in [0.05, 0.1) is 24.5 Å². The molecule has 1 aliphatic rings. The van der Waals surface area contributed by atoms with Crippen LogP contribution in [0, 0.1) is 0 Å². The lowest BCUT2D eigenvalue weighted by molar-refractivity contribution is -0.126. The standard InChI is InChI=1S/C22H22ClN5O3/c23-13-5-6-16-12(7-13)9-18(26-16)22(31)27-17-8-11-3-1-2-4-14(11)20(17)28-19(29)10-15(24)21(25)30/h1-7,9,15,17,20,26H,8,10,24H2,(H2,25,30)(H,27,31)(H,28,29). The Morgan fingerprint density at radius 1 is 1.13 bits per heavy atom. The van der Waals surface area contributed by atoms with Gasteiger partial charge in [0.1, 0.15) is 5.69 Å². The van der Waals surface area contributed by atoms with Gasteiger partial charge in [-0.05, 0) is 41.8 Å². The second-order valence-electron chi connectivity index (χ2n) is 7.66. The predicted molar refractivity (Wildman–Crippen MR) is 117 cm³/mol. The highest BCUT2D eigenvalue weighted by atomic mass is 35.5. The van der Waals surface area contributed by atoms with Crippen molar-refractivity contribution in [2.45, 2.75) is 31.0 Å². The number of aromatic nitrogens is 1. The van der Waals surface area contributed by atoms with Gasteiger partial charge in [-0.15, -0.1) is 0 Å². The number of halogens is 1. The molecule has 3 amide bonds. The van der Waals surface area contributed by atoms with Crippen LogP contribution in [0.5, 0.6) is 0 Å². The van der Waals surface area contributed by atoms with E-state index in [0.717, 1.165) is 22.0 Å². The van der Waals surface area contributed by atoms with Crippen molar-refractivity contribution in [1.82, 2.24) is 15.6 Å². The zero-order valence-electron chi connectivity index (χ0n) is 16.5. The first-order valence-electron chi connectivity index (χ1n) is 9.83. The van der Waals surface area contributed by atoms with Crippen LogP contribution in [0.25, 0.3) is 10.9 Å². The normalized spacial score (nSPS) is 18.4. The molecular weight excluding hydrogens is 418 g/mol. The third-order valence-electron chi connectivity index (χ3n) is 5.46. The Morgan fingerprint density at radius 2 is 1.90 bits per heavy atom. The molecule has 0 saturated carbocycles. The summed E-state index contributed by atoms with van der Waals surface area (Å²) in [7, 11) is 0. The van der Waals surface area contributed by atoms with Crippen LogP contribution in [0.15, 0.2) is 48.5 Å². The number of primary amides is 1. The zero-order chi connectivity index (χ0) is 22.1. The number of benzene rings is 2. The van der Waals surface area contributed by atoms with Gasteiger partial charge in [-0.25, -0.2) is 0 Å². The van der Waals surface area contributed by atoms with Crippen LogP contribution < -0.4 is 22.1 Å². The SMILES string of the molecule is NC(=O)C(N)CC(=O)NC1c2ccccc2CC1NC(=O)c1cc2cc(Cl)ccc2[nH]1. The lowest BCUT2D eigenvalue weighted by Gasteiger charge is -2.23. The van der Waals surface area contributed by atoms with Crippen LogP contribution in [-0.4, -0.2) is 34.8 Å². The summed E-state index contributed by atoms with van der Waals surface area (Å²) in [6.45, 7) is 0. The number of amides is 3. The third kappa shape index (κ3) is 4.40. The molecule has 8 nitrogen and oxygen atoms in total. The summed E-state index contributed by atoms with van der Waals surface area (Å²) in [6.07, 6.45) is 0.332. The van der Waals surface area contributed by atoms with E-state index in [1.165, 1.54) is 0 Å². The first-order chi connectivity index (χ1) is 14.8. The molecule has 1 aromatic heterocycles. The Bertz CT molecular complexity index is 1170. The molecule has 9 heteroatoms. The van der Waals surface area contributed by atoms with E-state index in [2.05, 4.69) is 15.6 Å². The molecule has 2 aromatic carbocycles. The average molecular weight is 440 g/mol. The number of carbonyl (C=O) groups excluding carboxylic acids is 3. The molecule has 0 radical (unpaired) electrons. The first-order valence-corrected chi connectivity index (χ1v) is 10.2. The summed E-state index contributed by atoms with van der Waals surface area (Å²) in [4.78, 5) is 39.6. The van der Waals surface area contributed by atoms with Crippen LogP contribution in [0.1, 0.15) is 34.1 Å². The van der Waals surface area contributed by atoms with Crippen molar-refractivity contribution in [3.8, 4) is 0 Å². The van der Waals surface area contributed by atoms with E-state index in [9.17, 15) is 14.4 Å². The van der Waals surface area contributed by atoms with Crippen molar-refractivity contribution in [1.29, 1.82) is 0 Å². The summed E-state index contributed by atoms with van der Waals surface area (Å²) in [5.74, 6) is -1.45. The van der Waals surface area contributed by atoms with E-state index < -0.39 is 23.9 Å².